The topological polar surface area (TPSA) is 45.0 Å². The molecule has 1 N–H and O–H groups in total. The van der Waals surface area contributed by atoms with Crippen LogP contribution in [-0.2, 0) is 5.75 Å². The molecular weight excluding hydrogens is 220 g/mol. The Morgan fingerprint density at radius 1 is 1.44 bits per heavy atom. The number of thioether (sulfide) groups is 1. The highest BCUT2D eigenvalue weighted by Crippen LogP contribution is 2.16. The zero-order chi connectivity index (χ0) is 11.8. The summed E-state index contributed by atoms with van der Waals surface area (Å²) in [4.78, 5) is 0. The molecule has 0 spiro atoms. The van der Waals surface area contributed by atoms with Crippen LogP contribution in [0.25, 0.3) is 0 Å². The molecule has 0 saturated heterocycles. The second-order valence-electron chi connectivity index (χ2n) is 3.33. The lowest BCUT2D eigenvalue weighted by molar-refractivity contribution is 0.414. The van der Waals surface area contributed by atoms with Gasteiger partial charge in [0.2, 0.25) is 0 Å². The molecule has 0 aliphatic rings. The summed E-state index contributed by atoms with van der Waals surface area (Å²) in [6.07, 6.45) is 0. The van der Waals surface area contributed by atoms with Gasteiger partial charge in [0.05, 0.1) is 13.2 Å². The predicted octanol–water partition coefficient (Wildman–Crippen LogP) is 2.04. The van der Waals surface area contributed by atoms with E-state index in [1.54, 1.807) is 18.9 Å². The van der Waals surface area contributed by atoms with Crippen molar-refractivity contribution in [2.24, 2.45) is 0 Å². The minimum absolute atomic E-state index is 0.0664. The molecule has 0 aliphatic carbocycles. The molecule has 1 aromatic carbocycles. The lowest BCUT2D eigenvalue weighted by atomic mass is 10.2. The maximum absolute atomic E-state index is 8.75. The fraction of sp³-hybridized carbons (Fsp3) is 0.417. The van der Waals surface area contributed by atoms with Crippen molar-refractivity contribution in [1.82, 2.24) is 5.32 Å². The quantitative estimate of drug-likeness (QED) is 0.821. The van der Waals surface area contributed by atoms with Crippen molar-refractivity contribution in [2.45, 2.75) is 11.8 Å². The lowest BCUT2D eigenvalue weighted by Crippen LogP contribution is -2.25. The minimum atomic E-state index is -0.0664. The largest absolute Gasteiger partial charge is 0.497 e. The highest BCUT2D eigenvalue weighted by molar-refractivity contribution is 7.98. The smallest absolute Gasteiger partial charge is 0.118 e. The molecule has 1 atom stereocenters. The number of methoxy groups -OCH3 is 1. The van der Waals surface area contributed by atoms with Gasteiger partial charge in [0.15, 0.2) is 0 Å². The van der Waals surface area contributed by atoms with Gasteiger partial charge in [-0.05, 0) is 24.7 Å². The second kappa shape index (κ2) is 7.15. The monoisotopic (exact) mass is 236 g/mol. The highest BCUT2D eigenvalue weighted by atomic mass is 32.2. The first kappa shape index (κ1) is 12.9. The first-order valence-corrected chi connectivity index (χ1v) is 6.23. The molecule has 86 valence electrons. The summed E-state index contributed by atoms with van der Waals surface area (Å²) in [5.41, 5.74) is 1.25. The van der Waals surface area contributed by atoms with Crippen LogP contribution in [0.2, 0.25) is 0 Å². The lowest BCUT2D eigenvalue weighted by Gasteiger charge is -2.07. The van der Waals surface area contributed by atoms with E-state index in [4.69, 9.17) is 10.00 Å². The van der Waals surface area contributed by atoms with Gasteiger partial charge >= 0.3 is 0 Å². The fourth-order valence-electron chi connectivity index (χ4n) is 1.20. The molecule has 0 saturated carbocycles. The van der Waals surface area contributed by atoms with Crippen molar-refractivity contribution in [3.05, 3.63) is 29.8 Å². The van der Waals surface area contributed by atoms with Crippen molar-refractivity contribution in [1.29, 1.82) is 5.26 Å². The Morgan fingerprint density at radius 2 is 2.12 bits per heavy atom. The summed E-state index contributed by atoms with van der Waals surface area (Å²) >= 11 is 1.75. The van der Waals surface area contributed by atoms with E-state index in [1.807, 2.05) is 31.3 Å². The number of benzene rings is 1. The molecule has 1 unspecified atom stereocenters. The van der Waals surface area contributed by atoms with Gasteiger partial charge in [0, 0.05) is 11.5 Å². The van der Waals surface area contributed by atoms with Gasteiger partial charge < -0.3 is 10.1 Å². The first-order valence-electron chi connectivity index (χ1n) is 5.07. The van der Waals surface area contributed by atoms with E-state index < -0.39 is 0 Å². The molecule has 0 bridgehead atoms. The Labute approximate surface area is 101 Å². The van der Waals surface area contributed by atoms with Gasteiger partial charge in [-0.2, -0.15) is 17.0 Å². The van der Waals surface area contributed by atoms with Gasteiger partial charge in [-0.3, -0.25) is 0 Å². The molecule has 0 fully saturated rings. The molecule has 1 rings (SSSR count). The average Bonchev–Trinajstić information content (AvgIpc) is 2.35. The first-order chi connectivity index (χ1) is 7.80. The van der Waals surface area contributed by atoms with Crippen LogP contribution in [0.1, 0.15) is 5.56 Å². The van der Waals surface area contributed by atoms with Crippen LogP contribution >= 0.6 is 11.8 Å². The third kappa shape index (κ3) is 4.13. The minimum Gasteiger partial charge on any atom is -0.497 e. The number of ether oxygens (including phenoxy) is 1. The van der Waals surface area contributed by atoms with E-state index in [2.05, 4.69) is 11.4 Å². The van der Waals surface area contributed by atoms with Crippen molar-refractivity contribution in [3.63, 3.8) is 0 Å². The van der Waals surface area contributed by atoms with Crippen LogP contribution in [0.5, 0.6) is 5.75 Å². The highest BCUT2D eigenvalue weighted by Gasteiger charge is 2.03. The van der Waals surface area contributed by atoms with Crippen molar-refractivity contribution in [3.8, 4) is 11.8 Å². The van der Waals surface area contributed by atoms with Crippen LogP contribution in [0.15, 0.2) is 24.3 Å². The van der Waals surface area contributed by atoms with E-state index in [0.29, 0.717) is 0 Å². The number of hydrogen-bond acceptors (Lipinski definition) is 4. The SMILES string of the molecule is CNC(C#N)CSCc1ccc(OC)cc1. The summed E-state index contributed by atoms with van der Waals surface area (Å²) in [5, 5.41) is 11.7. The van der Waals surface area contributed by atoms with Crippen LogP contribution in [0.4, 0.5) is 0 Å². The zero-order valence-corrected chi connectivity index (χ0v) is 10.4. The normalized spacial score (nSPS) is 11.8. The predicted molar refractivity (Wildman–Crippen MR) is 67.6 cm³/mol. The molecule has 16 heavy (non-hydrogen) atoms. The van der Waals surface area contributed by atoms with E-state index in [1.165, 1.54) is 5.56 Å². The third-order valence-corrected chi connectivity index (χ3v) is 3.32. The van der Waals surface area contributed by atoms with Crippen molar-refractivity contribution >= 4 is 11.8 Å². The van der Waals surface area contributed by atoms with E-state index >= 15 is 0 Å². The Balaban J connectivity index is 2.34. The third-order valence-electron chi connectivity index (χ3n) is 2.22. The fourth-order valence-corrected chi connectivity index (χ4v) is 2.22. The average molecular weight is 236 g/mol. The molecule has 0 heterocycles. The maximum atomic E-state index is 8.75. The summed E-state index contributed by atoms with van der Waals surface area (Å²) in [7, 11) is 3.47. The Hall–Kier alpha value is -1.18. The van der Waals surface area contributed by atoms with Gasteiger partial charge in [0.1, 0.15) is 11.8 Å². The number of hydrogen-bond donors (Lipinski definition) is 1. The molecule has 0 aliphatic heterocycles. The van der Waals surface area contributed by atoms with Gasteiger partial charge in [0.25, 0.3) is 0 Å². The van der Waals surface area contributed by atoms with Gasteiger partial charge in [-0.25, -0.2) is 0 Å². The zero-order valence-electron chi connectivity index (χ0n) is 9.56. The van der Waals surface area contributed by atoms with E-state index in [9.17, 15) is 0 Å². The van der Waals surface area contributed by atoms with E-state index in [0.717, 1.165) is 17.3 Å². The van der Waals surface area contributed by atoms with Crippen LogP contribution in [-0.4, -0.2) is 26.0 Å². The molecule has 0 radical (unpaired) electrons. The summed E-state index contributed by atoms with van der Waals surface area (Å²) in [6, 6.07) is 10.1. The summed E-state index contributed by atoms with van der Waals surface area (Å²) in [5.74, 6) is 2.60. The Bertz CT molecular complexity index is 345. The van der Waals surface area contributed by atoms with Crippen molar-refractivity contribution < 1.29 is 4.74 Å². The molecule has 0 amide bonds. The number of rotatable bonds is 6. The maximum Gasteiger partial charge on any atom is 0.118 e. The molecule has 3 nitrogen and oxygen atoms in total. The number of nitrogens with one attached hydrogen (secondary N) is 1. The second-order valence-corrected chi connectivity index (χ2v) is 4.36. The molecule has 1 aromatic rings. The Morgan fingerprint density at radius 3 is 2.62 bits per heavy atom. The van der Waals surface area contributed by atoms with Gasteiger partial charge in [-0.15, -0.1) is 0 Å². The molecular formula is C12H16N2OS. The number of nitrogens with zero attached hydrogens (tertiary/aromatic N) is 1. The molecule has 0 aromatic heterocycles. The van der Waals surface area contributed by atoms with E-state index in [-0.39, 0.29) is 6.04 Å². The number of nitriles is 1. The summed E-state index contributed by atoms with van der Waals surface area (Å²) < 4.78 is 5.09. The Kier molecular flexibility index (Phi) is 5.76. The summed E-state index contributed by atoms with van der Waals surface area (Å²) in [6.45, 7) is 0. The van der Waals surface area contributed by atoms with Gasteiger partial charge in [-0.1, -0.05) is 12.1 Å². The standard InChI is InChI=1S/C12H16N2OS/c1-14-11(7-13)9-16-8-10-3-5-12(15-2)6-4-10/h3-6,11,14H,8-9H2,1-2H3. The molecule has 4 heteroatoms. The van der Waals surface area contributed by atoms with Crippen molar-refractivity contribution in [2.75, 3.05) is 19.9 Å². The van der Waals surface area contributed by atoms with Crippen LogP contribution < -0.4 is 10.1 Å². The van der Waals surface area contributed by atoms with Crippen LogP contribution in [0.3, 0.4) is 0 Å². The van der Waals surface area contributed by atoms with Crippen LogP contribution in [0, 0.1) is 11.3 Å².